The molecule has 0 spiro atoms. The van der Waals surface area contributed by atoms with E-state index >= 15 is 0 Å². The summed E-state index contributed by atoms with van der Waals surface area (Å²) >= 11 is 0. The number of benzene rings is 6. The van der Waals surface area contributed by atoms with E-state index in [1.54, 1.807) is 0 Å². The van der Waals surface area contributed by atoms with Gasteiger partial charge in [0.05, 0.1) is 11.4 Å². The normalized spacial score (nSPS) is 10.1. The van der Waals surface area contributed by atoms with Gasteiger partial charge in [0.2, 0.25) is 0 Å². The van der Waals surface area contributed by atoms with Gasteiger partial charge in [-0.25, -0.2) is 5.43 Å². The van der Waals surface area contributed by atoms with Crippen molar-refractivity contribution in [2.75, 3.05) is 30.9 Å². The summed E-state index contributed by atoms with van der Waals surface area (Å²) < 4.78 is 0. The van der Waals surface area contributed by atoms with Crippen LogP contribution in [0.2, 0.25) is 0 Å². The molecule has 226 valence electrons. The van der Waals surface area contributed by atoms with Crippen LogP contribution in [-0.2, 0) is 0 Å². The maximum atomic E-state index is 6.47. The molecular formula is C38H44N6. The van der Waals surface area contributed by atoms with Crippen molar-refractivity contribution in [1.29, 1.82) is 0 Å². The molecule has 6 nitrogen and oxygen atoms in total. The maximum Gasteiger partial charge on any atom is 0.0704 e. The molecule has 44 heavy (non-hydrogen) atoms. The van der Waals surface area contributed by atoms with Crippen LogP contribution in [0.25, 0.3) is 32.7 Å². The lowest BCUT2D eigenvalue weighted by Crippen LogP contribution is -2.20. The number of fused-ring (bicyclic) bond motifs is 3. The van der Waals surface area contributed by atoms with Gasteiger partial charge in [-0.3, -0.25) is 0 Å². The van der Waals surface area contributed by atoms with Gasteiger partial charge in [0.15, 0.2) is 0 Å². The predicted molar refractivity (Wildman–Crippen MR) is 194 cm³/mol. The summed E-state index contributed by atoms with van der Waals surface area (Å²) in [5.41, 5.74) is 29.4. The van der Waals surface area contributed by atoms with E-state index < -0.39 is 0 Å². The molecule has 0 heterocycles. The third kappa shape index (κ3) is 9.10. The molecule has 6 aromatic rings. The summed E-state index contributed by atoms with van der Waals surface area (Å²) in [5, 5.41) is 8.11. The topological polar surface area (TPSA) is 114 Å². The Labute approximate surface area is 261 Å². The highest BCUT2D eigenvalue weighted by Crippen LogP contribution is 2.39. The molecule has 0 fully saturated rings. The number of hydrogen-bond donors (Lipinski definition) is 6. The van der Waals surface area contributed by atoms with Crippen LogP contribution < -0.4 is 33.4 Å². The molecule has 0 saturated carbocycles. The van der Waals surface area contributed by atoms with Gasteiger partial charge < -0.3 is 27.9 Å². The average Bonchev–Trinajstić information content (AvgIpc) is 3.08. The van der Waals surface area contributed by atoms with Gasteiger partial charge in [-0.15, -0.1) is 0 Å². The maximum absolute atomic E-state index is 6.47. The van der Waals surface area contributed by atoms with Gasteiger partial charge in [0.25, 0.3) is 0 Å². The van der Waals surface area contributed by atoms with Crippen LogP contribution in [0, 0.1) is 6.92 Å². The van der Waals surface area contributed by atoms with Crippen molar-refractivity contribution in [3.8, 4) is 11.1 Å². The van der Waals surface area contributed by atoms with Crippen LogP contribution in [0.3, 0.4) is 0 Å². The van der Waals surface area contributed by atoms with E-state index in [9.17, 15) is 0 Å². The molecule has 0 bridgehead atoms. The van der Waals surface area contributed by atoms with Crippen molar-refractivity contribution in [1.82, 2.24) is 10.9 Å². The van der Waals surface area contributed by atoms with Crippen LogP contribution in [0.4, 0.5) is 22.7 Å². The summed E-state index contributed by atoms with van der Waals surface area (Å²) in [6, 6.07) is 43.2. The number of hydrazine groups is 1. The number of nitrogen functional groups attached to an aromatic ring is 2. The number of para-hydroxylation sites is 1. The Balaban J connectivity index is 0.000000206. The second-order valence-electron chi connectivity index (χ2n) is 9.75. The van der Waals surface area contributed by atoms with Crippen molar-refractivity contribution >= 4 is 44.3 Å². The Bertz CT molecular complexity index is 1680. The minimum atomic E-state index is 0.790. The summed E-state index contributed by atoms with van der Waals surface area (Å²) in [7, 11) is 3.32. The summed E-state index contributed by atoms with van der Waals surface area (Å²) in [6.07, 6.45) is 3.73. The quantitative estimate of drug-likeness (QED) is 0.0525. The second kappa shape index (κ2) is 17.6. The standard InChI is InChI=1S/C20H16N2.C13H13N.C4H10N2.CH5N/c21-19-17-12-6-4-10-15(17)16-11-5-7-13-18(16)20(19)22-14-8-2-1-3-9-14;1-10-2-4-11(5-3-10)12-6-8-13(14)9-7-12;1-3-4-6-5-2;1-2/h1-13,22H,21H2;2-9H,14H2,1H3;3-6H,1-2H3;2H2,1H3/b;;4-3-;. The van der Waals surface area contributed by atoms with Gasteiger partial charge >= 0.3 is 0 Å². The Morgan fingerprint density at radius 1 is 0.568 bits per heavy atom. The van der Waals surface area contributed by atoms with Gasteiger partial charge in [-0.1, -0.05) is 115 Å². The van der Waals surface area contributed by atoms with E-state index in [0.717, 1.165) is 33.5 Å². The molecule has 0 unspecified atom stereocenters. The van der Waals surface area contributed by atoms with Crippen molar-refractivity contribution < 1.29 is 0 Å². The molecule has 0 radical (unpaired) electrons. The average molecular weight is 585 g/mol. The highest BCUT2D eigenvalue weighted by atomic mass is 15.3. The molecule has 6 aromatic carbocycles. The van der Waals surface area contributed by atoms with Gasteiger partial charge in [0.1, 0.15) is 0 Å². The zero-order valence-corrected chi connectivity index (χ0v) is 26.0. The van der Waals surface area contributed by atoms with Gasteiger partial charge in [-0.05, 0) is 67.1 Å². The molecule has 0 saturated heterocycles. The van der Waals surface area contributed by atoms with Crippen LogP contribution in [-0.4, -0.2) is 14.1 Å². The molecule has 0 atom stereocenters. The zero-order chi connectivity index (χ0) is 31.7. The summed E-state index contributed by atoms with van der Waals surface area (Å²) in [6.45, 7) is 4.04. The van der Waals surface area contributed by atoms with E-state index in [0.29, 0.717) is 0 Å². The Kier molecular flexibility index (Phi) is 13.3. The van der Waals surface area contributed by atoms with Crippen LogP contribution in [0.1, 0.15) is 12.5 Å². The van der Waals surface area contributed by atoms with Gasteiger partial charge in [0, 0.05) is 35.4 Å². The van der Waals surface area contributed by atoms with E-state index in [2.05, 4.69) is 89.5 Å². The molecule has 9 N–H and O–H groups in total. The molecule has 0 aliphatic rings. The lowest BCUT2D eigenvalue weighted by Gasteiger charge is -2.16. The SMILES string of the molecule is C/C=C\NNC.CN.Cc1ccc(-c2ccc(N)cc2)cc1.Nc1c(Nc2ccccc2)c2ccccc2c2ccccc12. The largest absolute Gasteiger partial charge is 0.399 e. The van der Waals surface area contributed by atoms with E-state index in [1.807, 2.05) is 93.0 Å². The Morgan fingerprint density at radius 3 is 1.57 bits per heavy atom. The van der Waals surface area contributed by atoms with Crippen LogP contribution in [0.15, 0.2) is 140 Å². The molecule has 0 aliphatic heterocycles. The van der Waals surface area contributed by atoms with Crippen LogP contribution >= 0.6 is 0 Å². The smallest absolute Gasteiger partial charge is 0.0704 e. The fourth-order valence-electron chi connectivity index (χ4n) is 4.56. The number of rotatable bonds is 5. The molecular weight excluding hydrogens is 540 g/mol. The molecule has 0 aromatic heterocycles. The first kappa shape index (κ1) is 33.2. The third-order valence-corrected chi connectivity index (χ3v) is 6.71. The summed E-state index contributed by atoms with van der Waals surface area (Å²) in [4.78, 5) is 0. The van der Waals surface area contributed by atoms with Gasteiger partial charge in [-0.2, -0.15) is 0 Å². The monoisotopic (exact) mass is 584 g/mol. The van der Waals surface area contributed by atoms with E-state index in [1.165, 1.54) is 34.5 Å². The minimum Gasteiger partial charge on any atom is -0.399 e. The fraction of sp³-hybridized carbons (Fsp3) is 0.105. The number of anilines is 4. The number of nitrogens with two attached hydrogens (primary N) is 3. The molecule has 0 amide bonds. The Hall–Kier alpha value is -5.30. The van der Waals surface area contributed by atoms with Crippen molar-refractivity contribution in [2.45, 2.75) is 13.8 Å². The lowest BCUT2D eigenvalue weighted by atomic mass is 9.98. The third-order valence-electron chi connectivity index (χ3n) is 6.71. The number of hydrogen-bond acceptors (Lipinski definition) is 6. The second-order valence-corrected chi connectivity index (χ2v) is 9.75. The number of nitrogens with one attached hydrogen (secondary N) is 3. The fourth-order valence-corrected chi connectivity index (χ4v) is 4.56. The molecule has 6 heteroatoms. The predicted octanol–water partition coefficient (Wildman–Crippen LogP) is 8.38. The zero-order valence-electron chi connectivity index (χ0n) is 26.0. The van der Waals surface area contributed by atoms with E-state index in [4.69, 9.17) is 11.5 Å². The number of allylic oxidation sites excluding steroid dienone is 1. The Morgan fingerprint density at radius 2 is 1.05 bits per heavy atom. The first-order valence-corrected chi connectivity index (χ1v) is 14.6. The van der Waals surface area contributed by atoms with Crippen molar-refractivity contribution in [2.24, 2.45) is 5.73 Å². The van der Waals surface area contributed by atoms with Crippen molar-refractivity contribution in [3.05, 3.63) is 145 Å². The lowest BCUT2D eigenvalue weighted by molar-refractivity contribution is 0.730. The molecule has 6 rings (SSSR count). The number of aryl methyl sites for hydroxylation is 1. The highest BCUT2D eigenvalue weighted by molar-refractivity contribution is 6.20. The molecule has 0 aliphatic carbocycles. The first-order chi connectivity index (χ1) is 21.5. The summed E-state index contributed by atoms with van der Waals surface area (Å²) in [5.74, 6) is 0. The minimum absolute atomic E-state index is 0.790. The van der Waals surface area contributed by atoms with Crippen molar-refractivity contribution in [3.63, 3.8) is 0 Å². The van der Waals surface area contributed by atoms with E-state index in [-0.39, 0.29) is 0 Å². The van der Waals surface area contributed by atoms with Crippen LogP contribution in [0.5, 0.6) is 0 Å². The first-order valence-electron chi connectivity index (χ1n) is 14.6. The highest BCUT2D eigenvalue weighted by Gasteiger charge is 2.11.